The Morgan fingerprint density at radius 1 is 1.28 bits per heavy atom. The standard InChI is InChI=1S/C19H15Cl2F3N2O3/c1-3-28-17(27)18(2)8-15(26-29-18)12-6-10(4-5-13(12)20)16-14(21)7-11(9-25-16)19(22,23)24/h4-7,9H,3,8H2,1-2H3. The van der Waals surface area contributed by atoms with E-state index in [1.54, 1.807) is 32.0 Å². The molecule has 1 unspecified atom stereocenters. The lowest BCUT2D eigenvalue weighted by Gasteiger charge is -2.18. The summed E-state index contributed by atoms with van der Waals surface area (Å²) in [5.41, 5.74) is -0.778. The van der Waals surface area contributed by atoms with Gasteiger partial charge in [0, 0.05) is 28.8 Å². The van der Waals surface area contributed by atoms with Crippen molar-refractivity contribution in [1.29, 1.82) is 0 Å². The van der Waals surface area contributed by atoms with Gasteiger partial charge in [0.2, 0.25) is 5.60 Å². The van der Waals surface area contributed by atoms with Crippen LogP contribution in [0.1, 0.15) is 31.4 Å². The highest BCUT2D eigenvalue weighted by molar-refractivity contribution is 6.35. The summed E-state index contributed by atoms with van der Waals surface area (Å²) < 4.78 is 43.5. The Balaban J connectivity index is 1.93. The Morgan fingerprint density at radius 2 is 2.00 bits per heavy atom. The molecular formula is C19H15Cl2F3N2O3. The Bertz CT molecular complexity index is 995. The molecule has 2 aromatic rings. The Labute approximate surface area is 174 Å². The Kier molecular flexibility index (Phi) is 5.78. The van der Waals surface area contributed by atoms with Gasteiger partial charge in [-0.3, -0.25) is 4.98 Å². The molecule has 0 bridgehead atoms. The van der Waals surface area contributed by atoms with Crippen molar-refractivity contribution in [2.45, 2.75) is 32.0 Å². The van der Waals surface area contributed by atoms with Crippen molar-refractivity contribution in [3.05, 3.63) is 51.6 Å². The van der Waals surface area contributed by atoms with Crippen LogP contribution in [0.2, 0.25) is 10.0 Å². The summed E-state index contributed by atoms with van der Waals surface area (Å²) in [5.74, 6) is -0.557. The predicted octanol–water partition coefficient (Wildman–Crippen LogP) is 5.52. The van der Waals surface area contributed by atoms with Crippen molar-refractivity contribution < 1.29 is 27.5 Å². The van der Waals surface area contributed by atoms with Crippen molar-refractivity contribution in [3.63, 3.8) is 0 Å². The van der Waals surface area contributed by atoms with Crippen LogP contribution in [0, 0.1) is 0 Å². The second-order valence-electron chi connectivity index (χ2n) is 6.50. The minimum absolute atomic E-state index is 0.114. The molecule has 0 saturated heterocycles. The molecule has 1 aromatic carbocycles. The quantitative estimate of drug-likeness (QED) is 0.580. The predicted molar refractivity (Wildman–Crippen MR) is 102 cm³/mol. The fraction of sp³-hybridized carbons (Fsp3) is 0.316. The summed E-state index contributed by atoms with van der Waals surface area (Å²) in [7, 11) is 0. The summed E-state index contributed by atoms with van der Waals surface area (Å²) in [6.07, 6.45) is -3.72. The molecule has 0 saturated carbocycles. The van der Waals surface area contributed by atoms with Gasteiger partial charge in [0.15, 0.2) is 0 Å². The number of carbonyl (C=O) groups excluding carboxylic acids is 1. The second-order valence-corrected chi connectivity index (χ2v) is 7.32. The number of esters is 1. The molecule has 0 N–H and O–H groups in total. The van der Waals surface area contributed by atoms with Crippen molar-refractivity contribution in [2.75, 3.05) is 6.61 Å². The van der Waals surface area contributed by atoms with E-state index in [4.69, 9.17) is 32.8 Å². The monoisotopic (exact) mass is 446 g/mol. The second kappa shape index (κ2) is 7.84. The fourth-order valence-corrected chi connectivity index (χ4v) is 3.28. The van der Waals surface area contributed by atoms with E-state index < -0.39 is 23.3 Å². The molecule has 0 radical (unpaired) electrons. The van der Waals surface area contributed by atoms with Gasteiger partial charge < -0.3 is 9.57 Å². The number of ether oxygens (including phenoxy) is 1. The smallest absolute Gasteiger partial charge is 0.417 e. The summed E-state index contributed by atoms with van der Waals surface area (Å²) >= 11 is 12.3. The summed E-state index contributed by atoms with van der Waals surface area (Å²) in [5, 5.41) is 4.12. The van der Waals surface area contributed by atoms with E-state index >= 15 is 0 Å². The molecule has 29 heavy (non-hydrogen) atoms. The number of hydrogen-bond acceptors (Lipinski definition) is 5. The molecule has 1 atom stereocenters. The highest BCUT2D eigenvalue weighted by Crippen LogP contribution is 2.36. The SMILES string of the molecule is CCOC(=O)C1(C)CC(c2cc(-c3ncc(C(F)(F)F)cc3Cl)ccc2Cl)=NO1. The fourth-order valence-electron chi connectivity index (χ4n) is 2.78. The lowest BCUT2D eigenvalue weighted by atomic mass is 9.94. The first-order valence-corrected chi connectivity index (χ1v) is 9.26. The maximum Gasteiger partial charge on any atom is 0.417 e. The maximum atomic E-state index is 12.8. The first-order valence-electron chi connectivity index (χ1n) is 8.50. The molecule has 1 aliphatic rings. The van der Waals surface area contributed by atoms with Crippen LogP contribution in [0.25, 0.3) is 11.3 Å². The summed E-state index contributed by atoms with van der Waals surface area (Å²) in [6.45, 7) is 3.42. The number of rotatable bonds is 4. The van der Waals surface area contributed by atoms with Crippen LogP contribution >= 0.6 is 23.2 Å². The number of benzene rings is 1. The highest BCUT2D eigenvalue weighted by atomic mass is 35.5. The van der Waals surface area contributed by atoms with Gasteiger partial charge in [-0.1, -0.05) is 34.4 Å². The highest BCUT2D eigenvalue weighted by Gasteiger charge is 2.44. The van der Waals surface area contributed by atoms with Gasteiger partial charge in [0.1, 0.15) is 0 Å². The van der Waals surface area contributed by atoms with Crippen LogP contribution in [0.5, 0.6) is 0 Å². The van der Waals surface area contributed by atoms with Crippen LogP contribution in [0.15, 0.2) is 35.6 Å². The normalized spacial score (nSPS) is 18.9. The molecule has 0 fully saturated rings. The topological polar surface area (TPSA) is 60.8 Å². The van der Waals surface area contributed by atoms with E-state index in [1.807, 2.05) is 0 Å². The number of alkyl halides is 3. The molecular weight excluding hydrogens is 432 g/mol. The third-order valence-electron chi connectivity index (χ3n) is 4.29. The first-order chi connectivity index (χ1) is 13.5. The Hall–Kier alpha value is -2.32. The number of nitrogens with zero attached hydrogens (tertiary/aromatic N) is 2. The summed E-state index contributed by atoms with van der Waals surface area (Å²) in [4.78, 5) is 21.2. The molecule has 5 nitrogen and oxygen atoms in total. The van der Waals surface area contributed by atoms with E-state index in [9.17, 15) is 18.0 Å². The summed E-state index contributed by atoms with van der Waals surface area (Å²) in [6, 6.07) is 5.52. The minimum atomic E-state index is -4.55. The molecule has 0 spiro atoms. The van der Waals surface area contributed by atoms with Crippen molar-refractivity contribution in [1.82, 2.24) is 4.98 Å². The van der Waals surface area contributed by atoms with Crippen LogP contribution < -0.4 is 0 Å². The number of carbonyl (C=O) groups is 1. The number of hydrogen-bond donors (Lipinski definition) is 0. The first kappa shape index (κ1) is 21.4. The zero-order valence-corrected chi connectivity index (χ0v) is 16.8. The van der Waals surface area contributed by atoms with E-state index in [1.165, 1.54) is 0 Å². The van der Waals surface area contributed by atoms with Crippen molar-refractivity contribution in [2.24, 2.45) is 5.16 Å². The Morgan fingerprint density at radius 3 is 2.62 bits per heavy atom. The zero-order valence-electron chi connectivity index (χ0n) is 15.3. The van der Waals surface area contributed by atoms with Crippen LogP contribution in [-0.2, 0) is 20.5 Å². The van der Waals surface area contributed by atoms with Gasteiger partial charge in [0.05, 0.1) is 28.6 Å². The van der Waals surface area contributed by atoms with Gasteiger partial charge in [-0.25, -0.2) is 4.79 Å². The van der Waals surface area contributed by atoms with Gasteiger partial charge in [-0.2, -0.15) is 13.2 Å². The molecule has 10 heteroatoms. The van der Waals surface area contributed by atoms with Crippen molar-refractivity contribution in [3.8, 4) is 11.3 Å². The van der Waals surface area contributed by atoms with E-state index in [-0.39, 0.29) is 23.7 Å². The molecule has 2 heterocycles. The molecule has 1 aliphatic heterocycles. The van der Waals surface area contributed by atoms with Gasteiger partial charge in [0.25, 0.3) is 0 Å². The van der Waals surface area contributed by atoms with Crippen LogP contribution in [0.3, 0.4) is 0 Å². The average Bonchev–Trinajstić information content (AvgIpc) is 3.05. The minimum Gasteiger partial charge on any atom is -0.463 e. The third kappa shape index (κ3) is 4.33. The molecule has 3 rings (SSSR count). The number of oxime groups is 1. The van der Waals surface area contributed by atoms with Crippen molar-refractivity contribution >= 4 is 34.9 Å². The maximum absolute atomic E-state index is 12.8. The van der Waals surface area contributed by atoms with E-state index in [0.717, 1.165) is 6.07 Å². The van der Waals surface area contributed by atoms with Crippen LogP contribution in [-0.4, -0.2) is 28.9 Å². The lowest BCUT2D eigenvalue weighted by molar-refractivity contribution is -0.166. The molecule has 154 valence electrons. The van der Waals surface area contributed by atoms with E-state index in [0.29, 0.717) is 28.1 Å². The number of aromatic nitrogens is 1. The number of pyridine rings is 1. The number of halogens is 5. The zero-order chi connectivity index (χ0) is 21.4. The molecule has 0 aliphatic carbocycles. The van der Waals surface area contributed by atoms with Crippen LogP contribution in [0.4, 0.5) is 13.2 Å². The van der Waals surface area contributed by atoms with Gasteiger partial charge in [-0.05, 0) is 32.0 Å². The third-order valence-corrected chi connectivity index (χ3v) is 4.91. The average molecular weight is 447 g/mol. The van der Waals surface area contributed by atoms with E-state index in [2.05, 4.69) is 10.1 Å². The largest absolute Gasteiger partial charge is 0.463 e. The molecule has 1 aromatic heterocycles. The van der Waals surface area contributed by atoms with Gasteiger partial charge in [-0.15, -0.1) is 0 Å². The molecule has 0 amide bonds. The lowest BCUT2D eigenvalue weighted by Crippen LogP contribution is -2.37. The van der Waals surface area contributed by atoms with Gasteiger partial charge >= 0.3 is 12.1 Å².